The fraction of sp³-hybridized carbons (Fsp3) is 0.444. The number of amides is 1. The minimum absolute atomic E-state index is 0.0795. The smallest absolute Gasteiger partial charge is 0.290 e. The second kappa shape index (κ2) is 7.57. The second-order valence-corrected chi connectivity index (χ2v) is 6.17. The molecule has 1 unspecified atom stereocenters. The van der Waals surface area contributed by atoms with Gasteiger partial charge in [-0.3, -0.25) is 9.59 Å². The van der Waals surface area contributed by atoms with Crippen LogP contribution >= 0.6 is 0 Å². The Bertz CT molecular complexity index is 711. The summed E-state index contributed by atoms with van der Waals surface area (Å²) in [5.41, 5.74) is 0.627. The number of ketones is 1. The van der Waals surface area contributed by atoms with Crippen molar-refractivity contribution in [3.05, 3.63) is 35.1 Å². The zero-order valence-electron chi connectivity index (χ0n) is 14.9. The van der Waals surface area contributed by atoms with E-state index in [9.17, 15) is 19.8 Å². The van der Waals surface area contributed by atoms with Crippen LogP contribution in [0.25, 0.3) is 0 Å². The number of carbonyl (C=O) groups is 2. The van der Waals surface area contributed by atoms with Gasteiger partial charge >= 0.3 is 0 Å². The SMILES string of the molecule is CCC(=O)C1=C(O)C(=O)N(CCN(C)C)C1c1ccc(OC)c(O)c1. The van der Waals surface area contributed by atoms with Crippen molar-refractivity contribution in [2.24, 2.45) is 0 Å². The molecule has 2 N–H and O–H groups in total. The van der Waals surface area contributed by atoms with Crippen molar-refractivity contribution in [2.45, 2.75) is 19.4 Å². The average molecular weight is 348 g/mol. The molecular weight excluding hydrogens is 324 g/mol. The number of rotatable bonds is 7. The molecule has 1 aromatic carbocycles. The summed E-state index contributed by atoms with van der Waals surface area (Å²) in [5, 5.41) is 20.3. The fourth-order valence-corrected chi connectivity index (χ4v) is 2.89. The number of carbonyl (C=O) groups excluding carboxylic acids is 2. The standard InChI is InChI=1S/C18H24N2O5/c1-5-12(21)15-16(11-6-7-14(25-4)13(22)10-11)20(9-8-19(2)3)18(24)17(15)23/h6-7,10,16,22-23H,5,8-9H2,1-4H3. The topological polar surface area (TPSA) is 90.3 Å². The molecule has 1 aliphatic heterocycles. The third-order valence-electron chi connectivity index (χ3n) is 4.23. The molecule has 0 radical (unpaired) electrons. The molecule has 1 aliphatic rings. The van der Waals surface area contributed by atoms with E-state index < -0.39 is 17.7 Å². The predicted octanol–water partition coefficient (Wildman–Crippen LogP) is 1.64. The average Bonchev–Trinajstić information content (AvgIpc) is 2.83. The monoisotopic (exact) mass is 348 g/mol. The van der Waals surface area contributed by atoms with Gasteiger partial charge in [0.05, 0.1) is 18.7 Å². The Balaban J connectivity index is 2.50. The highest BCUT2D eigenvalue weighted by Crippen LogP contribution is 2.40. The third-order valence-corrected chi connectivity index (χ3v) is 4.23. The van der Waals surface area contributed by atoms with Crippen molar-refractivity contribution < 1.29 is 24.5 Å². The molecule has 0 fully saturated rings. The summed E-state index contributed by atoms with van der Waals surface area (Å²) in [4.78, 5) is 28.2. The number of phenols is 1. The maximum atomic E-state index is 12.5. The van der Waals surface area contributed by atoms with Crippen LogP contribution in [0.3, 0.4) is 0 Å². The van der Waals surface area contributed by atoms with E-state index in [1.807, 2.05) is 19.0 Å². The van der Waals surface area contributed by atoms with Crippen LogP contribution < -0.4 is 4.74 Å². The van der Waals surface area contributed by atoms with E-state index in [-0.39, 0.29) is 23.5 Å². The molecule has 7 nitrogen and oxygen atoms in total. The molecule has 25 heavy (non-hydrogen) atoms. The van der Waals surface area contributed by atoms with Crippen molar-refractivity contribution in [1.82, 2.24) is 9.80 Å². The number of methoxy groups -OCH3 is 1. The number of ether oxygens (including phenoxy) is 1. The number of phenolic OH excluding ortho intramolecular Hbond substituents is 1. The van der Waals surface area contributed by atoms with E-state index >= 15 is 0 Å². The van der Waals surface area contributed by atoms with Gasteiger partial charge in [0.25, 0.3) is 5.91 Å². The van der Waals surface area contributed by atoms with Crippen LogP contribution in [0.4, 0.5) is 0 Å². The van der Waals surface area contributed by atoms with Gasteiger partial charge < -0.3 is 24.7 Å². The second-order valence-electron chi connectivity index (χ2n) is 6.17. The van der Waals surface area contributed by atoms with Gasteiger partial charge in [0.2, 0.25) is 0 Å². The quantitative estimate of drug-likeness (QED) is 0.778. The number of hydrogen-bond acceptors (Lipinski definition) is 6. The molecule has 0 aliphatic carbocycles. The number of aliphatic hydroxyl groups excluding tert-OH is 1. The molecule has 0 bridgehead atoms. The molecule has 0 spiro atoms. The molecule has 7 heteroatoms. The number of benzene rings is 1. The fourth-order valence-electron chi connectivity index (χ4n) is 2.89. The Hall–Kier alpha value is -2.54. The molecule has 2 rings (SSSR count). The lowest BCUT2D eigenvalue weighted by Crippen LogP contribution is -2.36. The normalized spacial score (nSPS) is 17.6. The van der Waals surface area contributed by atoms with Crippen LogP contribution in [-0.4, -0.2) is 66.0 Å². The van der Waals surface area contributed by atoms with Crippen molar-refractivity contribution in [3.8, 4) is 11.5 Å². The Morgan fingerprint density at radius 1 is 1.32 bits per heavy atom. The highest BCUT2D eigenvalue weighted by molar-refractivity contribution is 6.08. The summed E-state index contributed by atoms with van der Waals surface area (Å²) in [6.45, 7) is 2.59. The van der Waals surface area contributed by atoms with Crippen LogP contribution in [0.1, 0.15) is 24.9 Å². The van der Waals surface area contributed by atoms with E-state index in [1.54, 1.807) is 19.1 Å². The molecule has 0 saturated carbocycles. The number of Topliss-reactive ketones (excluding diaryl/α,β-unsaturated/α-hetero) is 1. The lowest BCUT2D eigenvalue weighted by atomic mass is 9.95. The summed E-state index contributed by atoms with van der Waals surface area (Å²) in [6.07, 6.45) is 0.173. The molecule has 1 atom stereocenters. The largest absolute Gasteiger partial charge is 0.504 e. The molecule has 0 aromatic heterocycles. The molecular formula is C18H24N2O5. The zero-order chi connectivity index (χ0) is 18.7. The van der Waals surface area contributed by atoms with Crippen molar-refractivity contribution >= 4 is 11.7 Å². The maximum Gasteiger partial charge on any atom is 0.290 e. The lowest BCUT2D eigenvalue weighted by molar-refractivity contribution is -0.129. The summed E-state index contributed by atoms with van der Waals surface area (Å²) >= 11 is 0. The van der Waals surface area contributed by atoms with Crippen LogP contribution in [0.2, 0.25) is 0 Å². The van der Waals surface area contributed by atoms with Crippen LogP contribution in [0, 0.1) is 0 Å². The van der Waals surface area contributed by atoms with Crippen LogP contribution in [-0.2, 0) is 9.59 Å². The number of nitrogens with zero attached hydrogens (tertiary/aromatic N) is 2. The minimum atomic E-state index is -0.725. The molecule has 1 amide bonds. The Labute approximate surface area is 147 Å². The van der Waals surface area contributed by atoms with E-state index in [1.165, 1.54) is 18.1 Å². The predicted molar refractivity (Wildman–Crippen MR) is 92.6 cm³/mol. The Morgan fingerprint density at radius 2 is 2.00 bits per heavy atom. The number of aromatic hydroxyl groups is 1. The first-order chi connectivity index (χ1) is 11.8. The van der Waals surface area contributed by atoms with Gasteiger partial charge in [-0.25, -0.2) is 0 Å². The van der Waals surface area contributed by atoms with Gasteiger partial charge in [0.15, 0.2) is 23.0 Å². The summed E-state index contributed by atoms with van der Waals surface area (Å²) in [7, 11) is 5.19. The molecule has 0 saturated heterocycles. The maximum absolute atomic E-state index is 12.5. The van der Waals surface area contributed by atoms with Gasteiger partial charge in [-0.15, -0.1) is 0 Å². The first-order valence-corrected chi connectivity index (χ1v) is 8.10. The van der Waals surface area contributed by atoms with Gasteiger partial charge in [-0.05, 0) is 31.8 Å². The third kappa shape index (κ3) is 3.61. The Kier molecular flexibility index (Phi) is 5.69. The first-order valence-electron chi connectivity index (χ1n) is 8.10. The molecule has 136 valence electrons. The van der Waals surface area contributed by atoms with Crippen LogP contribution in [0.15, 0.2) is 29.5 Å². The van der Waals surface area contributed by atoms with Gasteiger partial charge in [-0.1, -0.05) is 13.0 Å². The van der Waals surface area contributed by atoms with Crippen molar-refractivity contribution in [2.75, 3.05) is 34.3 Å². The summed E-state index contributed by atoms with van der Waals surface area (Å²) in [5.74, 6) is -1.16. The van der Waals surface area contributed by atoms with Crippen molar-refractivity contribution in [1.29, 1.82) is 0 Å². The number of hydrogen-bond donors (Lipinski definition) is 2. The van der Waals surface area contributed by atoms with E-state index in [2.05, 4.69) is 0 Å². The highest BCUT2D eigenvalue weighted by atomic mass is 16.5. The van der Waals surface area contributed by atoms with Gasteiger partial charge in [0, 0.05) is 19.5 Å². The number of likely N-dealkylation sites (N-methyl/N-ethyl adjacent to an activating group) is 1. The van der Waals surface area contributed by atoms with E-state index in [4.69, 9.17) is 4.74 Å². The minimum Gasteiger partial charge on any atom is -0.504 e. The molecule has 1 heterocycles. The summed E-state index contributed by atoms with van der Waals surface area (Å²) in [6, 6.07) is 3.99. The summed E-state index contributed by atoms with van der Waals surface area (Å²) < 4.78 is 5.04. The zero-order valence-corrected chi connectivity index (χ0v) is 14.9. The van der Waals surface area contributed by atoms with Crippen LogP contribution in [0.5, 0.6) is 11.5 Å². The molecule has 1 aromatic rings. The van der Waals surface area contributed by atoms with E-state index in [0.29, 0.717) is 24.4 Å². The number of aliphatic hydroxyl groups is 1. The lowest BCUT2D eigenvalue weighted by Gasteiger charge is -2.28. The first kappa shape index (κ1) is 18.8. The Morgan fingerprint density at radius 3 is 2.52 bits per heavy atom. The van der Waals surface area contributed by atoms with Gasteiger partial charge in [-0.2, -0.15) is 0 Å². The highest BCUT2D eigenvalue weighted by Gasteiger charge is 2.42. The van der Waals surface area contributed by atoms with Gasteiger partial charge in [0.1, 0.15) is 0 Å². The van der Waals surface area contributed by atoms with E-state index in [0.717, 1.165) is 0 Å². The van der Waals surface area contributed by atoms with Crippen molar-refractivity contribution in [3.63, 3.8) is 0 Å².